The number of aliphatic carboxylic acids is 1. The smallest absolute Gasteiger partial charge is 0.313 e. The van der Waals surface area contributed by atoms with E-state index < -0.39 is 24.0 Å². The summed E-state index contributed by atoms with van der Waals surface area (Å²) < 4.78 is 13.3. The number of carboxylic acids is 1. The van der Waals surface area contributed by atoms with E-state index in [0.717, 1.165) is 16.7 Å². The number of hydrogen-bond acceptors (Lipinski definition) is 3. The van der Waals surface area contributed by atoms with Crippen LogP contribution in [-0.4, -0.2) is 28.8 Å². The zero-order valence-electron chi connectivity index (χ0n) is 13.6. The van der Waals surface area contributed by atoms with Crippen molar-refractivity contribution in [2.45, 2.75) is 25.8 Å². The molecule has 0 aromatic heterocycles. The fourth-order valence-corrected chi connectivity index (χ4v) is 2.52. The highest BCUT2D eigenvalue weighted by Gasteiger charge is 2.38. The topological polar surface area (TPSA) is 83.5 Å². The van der Waals surface area contributed by atoms with E-state index in [0.29, 0.717) is 12.8 Å². The van der Waals surface area contributed by atoms with Crippen LogP contribution in [0.25, 0.3) is 11.1 Å². The summed E-state index contributed by atoms with van der Waals surface area (Å²) in [5.41, 5.74) is 7.34. The van der Waals surface area contributed by atoms with Gasteiger partial charge in [-0.05, 0) is 48.6 Å². The van der Waals surface area contributed by atoms with Gasteiger partial charge in [-0.3, -0.25) is 4.79 Å². The van der Waals surface area contributed by atoms with Gasteiger partial charge in [-0.1, -0.05) is 36.4 Å². The Morgan fingerprint density at radius 2 is 1.88 bits per heavy atom. The number of carboxylic acid groups (broad SMARTS) is 1. The first-order valence-corrected chi connectivity index (χ1v) is 7.81. The molecule has 0 amide bonds. The molecule has 2 atom stereocenters. The largest absolute Gasteiger partial charge is 0.481 e. The molecule has 0 saturated heterocycles. The normalized spacial score (nSPS) is 14.8. The number of aliphatic hydroxyl groups excluding tert-OH is 1. The van der Waals surface area contributed by atoms with Crippen LogP contribution < -0.4 is 5.73 Å². The van der Waals surface area contributed by atoms with Crippen molar-refractivity contribution in [1.29, 1.82) is 0 Å². The van der Waals surface area contributed by atoms with Crippen LogP contribution in [0.2, 0.25) is 0 Å². The Labute approximate surface area is 140 Å². The van der Waals surface area contributed by atoms with Crippen molar-refractivity contribution in [3.63, 3.8) is 0 Å². The molecule has 0 radical (unpaired) electrons. The number of aryl methyl sites for hydroxylation is 1. The first-order valence-electron chi connectivity index (χ1n) is 7.81. The third kappa shape index (κ3) is 3.99. The van der Waals surface area contributed by atoms with Crippen molar-refractivity contribution < 1.29 is 19.4 Å². The Bertz CT molecular complexity index is 702. The van der Waals surface area contributed by atoms with Crippen molar-refractivity contribution in [1.82, 2.24) is 0 Å². The lowest BCUT2D eigenvalue weighted by Gasteiger charge is -2.29. The highest BCUT2D eigenvalue weighted by atomic mass is 19.1. The highest BCUT2D eigenvalue weighted by Crippen LogP contribution is 2.25. The Morgan fingerprint density at radius 3 is 2.42 bits per heavy atom. The van der Waals surface area contributed by atoms with Crippen molar-refractivity contribution in [3.8, 4) is 11.1 Å². The van der Waals surface area contributed by atoms with E-state index in [-0.39, 0.29) is 5.82 Å². The molecule has 2 aromatic carbocycles. The average Bonchev–Trinajstić information content (AvgIpc) is 2.59. The summed E-state index contributed by atoms with van der Waals surface area (Å²) in [5.74, 6) is -1.38. The third-order valence-corrected chi connectivity index (χ3v) is 4.49. The second-order valence-corrected chi connectivity index (χ2v) is 6.23. The van der Waals surface area contributed by atoms with Crippen molar-refractivity contribution in [2.75, 3.05) is 6.61 Å². The van der Waals surface area contributed by atoms with Crippen LogP contribution in [0.15, 0.2) is 48.5 Å². The van der Waals surface area contributed by atoms with Gasteiger partial charge in [-0.25, -0.2) is 4.39 Å². The quantitative estimate of drug-likeness (QED) is 0.728. The van der Waals surface area contributed by atoms with E-state index in [9.17, 15) is 19.4 Å². The molecule has 2 rings (SSSR count). The van der Waals surface area contributed by atoms with E-state index in [1.165, 1.54) is 19.1 Å². The number of carbonyl (C=O) groups is 1. The molecular weight excluding hydrogens is 309 g/mol. The molecule has 4 nitrogen and oxygen atoms in total. The second-order valence-electron chi connectivity index (χ2n) is 6.23. The van der Waals surface area contributed by atoms with Crippen molar-refractivity contribution in [2.24, 2.45) is 11.1 Å². The van der Waals surface area contributed by atoms with E-state index in [4.69, 9.17) is 5.73 Å². The number of halogens is 1. The van der Waals surface area contributed by atoms with Crippen LogP contribution in [0, 0.1) is 11.2 Å². The van der Waals surface area contributed by atoms with Crippen LogP contribution in [0.5, 0.6) is 0 Å². The van der Waals surface area contributed by atoms with E-state index in [1.807, 2.05) is 30.3 Å². The zero-order chi connectivity index (χ0) is 17.7. The molecule has 0 aliphatic rings. The molecule has 128 valence electrons. The van der Waals surface area contributed by atoms with Crippen molar-refractivity contribution >= 4 is 5.97 Å². The molecule has 24 heavy (non-hydrogen) atoms. The van der Waals surface area contributed by atoms with Gasteiger partial charge in [-0.15, -0.1) is 0 Å². The molecule has 0 saturated carbocycles. The van der Waals surface area contributed by atoms with Crippen LogP contribution >= 0.6 is 0 Å². The van der Waals surface area contributed by atoms with Gasteiger partial charge in [0.2, 0.25) is 0 Å². The third-order valence-electron chi connectivity index (χ3n) is 4.49. The Morgan fingerprint density at radius 1 is 1.21 bits per heavy atom. The number of nitrogens with two attached hydrogens (primary N) is 1. The molecule has 4 N–H and O–H groups in total. The molecule has 0 bridgehead atoms. The lowest BCUT2D eigenvalue weighted by molar-refractivity contribution is -0.151. The van der Waals surface area contributed by atoms with Gasteiger partial charge in [0.25, 0.3) is 0 Å². The predicted octanol–water partition coefficient (Wildman–Crippen LogP) is 2.84. The van der Waals surface area contributed by atoms with Gasteiger partial charge in [0.05, 0.1) is 6.61 Å². The number of aliphatic hydroxyl groups is 1. The Balaban J connectivity index is 2.03. The molecule has 0 spiro atoms. The standard InChI is InChI=1S/C19H22FNO3/c1-19(12-22,18(23)24)17(21)10-7-13-5-8-14(9-6-13)15-3-2-4-16(20)11-15/h2-6,8-9,11,17,22H,7,10,12,21H2,1H3,(H,23,24)/t17-,19?/m1/s1. The summed E-state index contributed by atoms with van der Waals surface area (Å²) in [5, 5.41) is 18.5. The summed E-state index contributed by atoms with van der Waals surface area (Å²) in [4.78, 5) is 11.3. The molecular formula is C19H22FNO3. The number of rotatable bonds is 7. The number of benzene rings is 2. The highest BCUT2D eigenvalue weighted by molar-refractivity contribution is 5.75. The zero-order valence-corrected chi connectivity index (χ0v) is 13.6. The van der Waals surface area contributed by atoms with Crippen LogP contribution in [0.4, 0.5) is 4.39 Å². The van der Waals surface area contributed by atoms with E-state index in [2.05, 4.69) is 0 Å². The maximum absolute atomic E-state index is 13.3. The molecule has 5 heteroatoms. The fourth-order valence-electron chi connectivity index (χ4n) is 2.52. The second kappa shape index (κ2) is 7.55. The first-order chi connectivity index (χ1) is 11.4. The minimum atomic E-state index is -1.35. The van der Waals surface area contributed by atoms with Gasteiger partial charge in [-0.2, -0.15) is 0 Å². The number of hydrogen-bond donors (Lipinski definition) is 3. The molecule has 0 aliphatic carbocycles. The first kappa shape index (κ1) is 18.1. The van der Waals surface area contributed by atoms with Crippen LogP contribution in [-0.2, 0) is 11.2 Å². The van der Waals surface area contributed by atoms with Gasteiger partial charge in [0, 0.05) is 6.04 Å². The van der Waals surface area contributed by atoms with E-state index >= 15 is 0 Å². The lowest BCUT2D eigenvalue weighted by atomic mass is 9.81. The monoisotopic (exact) mass is 331 g/mol. The Hall–Kier alpha value is -2.24. The average molecular weight is 331 g/mol. The lowest BCUT2D eigenvalue weighted by Crippen LogP contribution is -2.48. The maximum atomic E-state index is 13.3. The van der Waals surface area contributed by atoms with Gasteiger partial charge >= 0.3 is 5.97 Å². The minimum absolute atomic E-state index is 0.278. The predicted molar refractivity (Wildman–Crippen MR) is 91.0 cm³/mol. The molecule has 0 heterocycles. The van der Waals surface area contributed by atoms with Gasteiger partial charge in [0.15, 0.2) is 0 Å². The van der Waals surface area contributed by atoms with E-state index in [1.54, 1.807) is 6.07 Å². The maximum Gasteiger partial charge on any atom is 0.313 e. The summed E-state index contributed by atoms with van der Waals surface area (Å²) >= 11 is 0. The summed E-state index contributed by atoms with van der Waals surface area (Å²) in [6, 6.07) is 13.4. The minimum Gasteiger partial charge on any atom is -0.481 e. The molecule has 2 aromatic rings. The summed E-state index contributed by atoms with van der Waals surface area (Å²) in [6.45, 7) is 0.953. The van der Waals surface area contributed by atoms with Crippen LogP contribution in [0.3, 0.4) is 0 Å². The summed E-state index contributed by atoms with van der Waals surface area (Å²) in [7, 11) is 0. The fraction of sp³-hybridized carbons (Fsp3) is 0.316. The molecule has 1 unspecified atom stereocenters. The summed E-state index contributed by atoms with van der Waals surface area (Å²) in [6.07, 6.45) is 1.05. The van der Waals surface area contributed by atoms with Crippen LogP contribution in [0.1, 0.15) is 18.9 Å². The molecule has 0 aliphatic heterocycles. The van der Waals surface area contributed by atoms with Crippen molar-refractivity contribution in [3.05, 3.63) is 59.9 Å². The van der Waals surface area contributed by atoms with Gasteiger partial charge < -0.3 is 15.9 Å². The molecule has 0 fully saturated rings. The Kier molecular flexibility index (Phi) is 5.70. The SMILES string of the molecule is CC(CO)(C(=O)O)[C@H](N)CCc1ccc(-c2cccc(F)c2)cc1. The van der Waals surface area contributed by atoms with Gasteiger partial charge in [0.1, 0.15) is 11.2 Å².